The minimum absolute atomic E-state index is 0.320. The van der Waals surface area contributed by atoms with Crippen molar-refractivity contribution in [3.05, 3.63) is 17.7 Å². The molecule has 0 aliphatic heterocycles. The number of furan rings is 1. The second-order valence-corrected chi connectivity index (χ2v) is 6.17. The third kappa shape index (κ3) is 3.02. The first kappa shape index (κ1) is 15.8. The maximum absolute atomic E-state index is 12.3. The lowest BCUT2D eigenvalue weighted by molar-refractivity contribution is 0.0526. The lowest BCUT2D eigenvalue weighted by Gasteiger charge is -2.30. The van der Waals surface area contributed by atoms with Crippen LogP contribution in [0.3, 0.4) is 0 Å². The highest BCUT2D eigenvalue weighted by Crippen LogP contribution is 2.32. The Labute approximate surface area is 135 Å². The summed E-state index contributed by atoms with van der Waals surface area (Å²) >= 11 is 0. The predicted octanol–water partition coefficient (Wildman–Crippen LogP) is 3.70. The molecule has 2 aromatic heterocycles. The van der Waals surface area contributed by atoms with Gasteiger partial charge in [0.15, 0.2) is 0 Å². The maximum atomic E-state index is 12.3. The molecule has 1 N–H and O–H groups in total. The van der Waals surface area contributed by atoms with Gasteiger partial charge in [0, 0.05) is 6.04 Å². The van der Waals surface area contributed by atoms with E-state index in [2.05, 4.69) is 22.2 Å². The van der Waals surface area contributed by atoms with E-state index < -0.39 is 5.97 Å². The van der Waals surface area contributed by atoms with Gasteiger partial charge in [-0.3, -0.25) is 0 Å². The van der Waals surface area contributed by atoms with Crippen LogP contribution < -0.4 is 5.32 Å². The molecular formula is C17H23N3O3. The number of nitrogens with zero attached hydrogens (tertiary/aromatic N) is 2. The van der Waals surface area contributed by atoms with Crippen LogP contribution >= 0.6 is 0 Å². The van der Waals surface area contributed by atoms with Gasteiger partial charge in [-0.05, 0) is 32.6 Å². The van der Waals surface area contributed by atoms with Crippen LogP contribution in [0.1, 0.15) is 55.6 Å². The lowest BCUT2D eigenvalue weighted by Crippen LogP contribution is -2.30. The van der Waals surface area contributed by atoms with Gasteiger partial charge in [-0.15, -0.1) is 0 Å². The van der Waals surface area contributed by atoms with Crippen molar-refractivity contribution in [2.45, 2.75) is 52.5 Å². The van der Waals surface area contributed by atoms with Crippen LogP contribution in [0.15, 0.2) is 10.7 Å². The summed E-state index contributed by atoms with van der Waals surface area (Å²) in [7, 11) is 0. The second kappa shape index (κ2) is 6.56. The summed E-state index contributed by atoms with van der Waals surface area (Å²) in [6.07, 6.45) is 6.28. The molecule has 3 rings (SSSR count). The second-order valence-electron chi connectivity index (χ2n) is 6.17. The van der Waals surface area contributed by atoms with Crippen molar-refractivity contribution in [2.24, 2.45) is 5.92 Å². The van der Waals surface area contributed by atoms with E-state index >= 15 is 0 Å². The summed E-state index contributed by atoms with van der Waals surface area (Å²) in [6, 6.07) is 0.354. The van der Waals surface area contributed by atoms with Crippen LogP contribution in [0, 0.1) is 12.8 Å². The van der Waals surface area contributed by atoms with Crippen molar-refractivity contribution in [1.82, 2.24) is 9.97 Å². The number of nitrogens with one attached hydrogen (secondary N) is 1. The topological polar surface area (TPSA) is 77.2 Å². The van der Waals surface area contributed by atoms with E-state index in [0.717, 1.165) is 6.42 Å². The molecule has 0 aromatic carbocycles. The monoisotopic (exact) mass is 317 g/mol. The minimum atomic E-state index is -0.390. The van der Waals surface area contributed by atoms with Gasteiger partial charge in [0.2, 0.25) is 5.71 Å². The molecule has 23 heavy (non-hydrogen) atoms. The standard InChI is InChI=1S/C17H23N3O3/c1-4-22-17(21)13-11(3)23-16-14(13)15(18-9-19-16)20-12-8-6-5-7-10(12)2/h9-10,12H,4-8H2,1-3H3,(H,18,19,20)/t10-,12+/m1/s1. The number of carbonyl (C=O) groups is 1. The first-order valence-corrected chi connectivity index (χ1v) is 8.29. The highest BCUT2D eigenvalue weighted by molar-refractivity contribution is 6.07. The highest BCUT2D eigenvalue weighted by atomic mass is 16.5. The molecule has 1 aliphatic carbocycles. The van der Waals surface area contributed by atoms with Gasteiger partial charge in [0.1, 0.15) is 23.5 Å². The fourth-order valence-electron chi connectivity index (χ4n) is 3.31. The van der Waals surface area contributed by atoms with Crippen LogP contribution in [-0.2, 0) is 4.74 Å². The molecule has 1 aliphatic rings. The Morgan fingerprint density at radius 1 is 1.39 bits per heavy atom. The highest BCUT2D eigenvalue weighted by Gasteiger charge is 2.27. The van der Waals surface area contributed by atoms with Crippen molar-refractivity contribution in [3.8, 4) is 0 Å². The number of hydrogen-bond donors (Lipinski definition) is 1. The third-order valence-electron chi connectivity index (χ3n) is 4.58. The molecule has 0 bridgehead atoms. The molecule has 0 spiro atoms. The quantitative estimate of drug-likeness (QED) is 0.866. The van der Waals surface area contributed by atoms with E-state index in [1.54, 1.807) is 13.8 Å². The number of hydrogen-bond acceptors (Lipinski definition) is 6. The molecule has 2 heterocycles. The average molecular weight is 317 g/mol. The largest absolute Gasteiger partial charge is 0.462 e. The van der Waals surface area contributed by atoms with Gasteiger partial charge in [-0.25, -0.2) is 14.8 Å². The number of fused-ring (bicyclic) bond motifs is 1. The number of rotatable bonds is 4. The van der Waals surface area contributed by atoms with Crippen LogP contribution in [0.4, 0.5) is 5.82 Å². The number of anilines is 1. The number of carbonyl (C=O) groups excluding carboxylic acids is 1. The molecule has 6 nitrogen and oxygen atoms in total. The average Bonchev–Trinajstić information content (AvgIpc) is 2.87. The minimum Gasteiger partial charge on any atom is -0.462 e. The van der Waals surface area contributed by atoms with Gasteiger partial charge in [-0.1, -0.05) is 19.8 Å². The summed E-state index contributed by atoms with van der Waals surface area (Å²) in [5.74, 6) is 1.36. The zero-order valence-corrected chi connectivity index (χ0v) is 13.9. The van der Waals surface area contributed by atoms with Crippen LogP contribution in [0.25, 0.3) is 11.1 Å². The Bertz CT molecular complexity index is 710. The Morgan fingerprint density at radius 2 is 2.17 bits per heavy atom. The fourth-order valence-corrected chi connectivity index (χ4v) is 3.31. The molecule has 0 unspecified atom stereocenters. The molecule has 0 saturated heterocycles. The zero-order valence-electron chi connectivity index (χ0n) is 13.9. The van der Waals surface area contributed by atoms with Crippen LogP contribution in [0.2, 0.25) is 0 Å². The molecule has 1 fully saturated rings. The molecule has 6 heteroatoms. The van der Waals surface area contributed by atoms with E-state index in [1.807, 2.05) is 0 Å². The van der Waals surface area contributed by atoms with E-state index in [0.29, 0.717) is 46.8 Å². The van der Waals surface area contributed by atoms with Crippen LogP contribution in [0.5, 0.6) is 0 Å². The smallest absolute Gasteiger partial charge is 0.342 e. The van der Waals surface area contributed by atoms with Crippen molar-refractivity contribution in [2.75, 3.05) is 11.9 Å². The van der Waals surface area contributed by atoms with Gasteiger partial charge in [-0.2, -0.15) is 0 Å². The van der Waals surface area contributed by atoms with E-state index in [-0.39, 0.29) is 0 Å². The van der Waals surface area contributed by atoms with E-state index in [4.69, 9.17) is 9.15 Å². The van der Waals surface area contributed by atoms with Crippen molar-refractivity contribution in [1.29, 1.82) is 0 Å². The fraction of sp³-hybridized carbons (Fsp3) is 0.588. The van der Waals surface area contributed by atoms with Gasteiger partial charge in [0.05, 0.1) is 12.0 Å². The Morgan fingerprint density at radius 3 is 2.91 bits per heavy atom. The SMILES string of the molecule is CCOC(=O)c1c(C)oc2ncnc(N[C@H]3CCCC[C@H]3C)c12. The Balaban J connectivity index is 2.01. The van der Waals surface area contributed by atoms with Gasteiger partial charge >= 0.3 is 5.97 Å². The molecule has 1 saturated carbocycles. The number of esters is 1. The van der Waals surface area contributed by atoms with E-state index in [1.165, 1.54) is 25.6 Å². The Hall–Kier alpha value is -2.11. The summed E-state index contributed by atoms with van der Waals surface area (Å²) in [5, 5.41) is 4.13. The van der Waals surface area contributed by atoms with Crippen molar-refractivity contribution < 1.29 is 13.9 Å². The van der Waals surface area contributed by atoms with E-state index in [9.17, 15) is 4.79 Å². The van der Waals surface area contributed by atoms with Gasteiger partial charge in [0.25, 0.3) is 0 Å². The normalized spacial score (nSPS) is 21.3. The first-order valence-electron chi connectivity index (χ1n) is 8.29. The lowest BCUT2D eigenvalue weighted by atomic mass is 9.86. The summed E-state index contributed by atoms with van der Waals surface area (Å²) in [5.41, 5.74) is 0.847. The molecule has 124 valence electrons. The molecular weight excluding hydrogens is 294 g/mol. The summed E-state index contributed by atoms with van der Waals surface area (Å²) < 4.78 is 10.8. The third-order valence-corrected chi connectivity index (χ3v) is 4.58. The van der Waals surface area contributed by atoms with Gasteiger partial charge < -0.3 is 14.5 Å². The number of aromatic nitrogens is 2. The predicted molar refractivity (Wildman–Crippen MR) is 87.5 cm³/mol. The number of ether oxygens (including phenoxy) is 1. The maximum Gasteiger partial charge on any atom is 0.342 e. The molecule has 2 aromatic rings. The summed E-state index contributed by atoms with van der Waals surface area (Å²) in [6.45, 7) is 6.11. The van der Waals surface area contributed by atoms with Crippen LogP contribution in [-0.4, -0.2) is 28.6 Å². The molecule has 2 atom stereocenters. The first-order chi connectivity index (χ1) is 11.1. The number of aryl methyl sites for hydroxylation is 1. The van der Waals surface area contributed by atoms with Crippen molar-refractivity contribution in [3.63, 3.8) is 0 Å². The summed E-state index contributed by atoms with van der Waals surface area (Å²) in [4.78, 5) is 20.8. The zero-order chi connectivity index (χ0) is 16.4. The van der Waals surface area contributed by atoms with Crippen molar-refractivity contribution >= 4 is 22.9 Å². The Kier molecular flexibility index (Phi) is 4.50. The molecule has 0 amide bonds. The molecule has 0 radical (unpaired) electrons.